The van der Waals surface area contributed by atoms with E-state index in [0.29, 0.717) is 19.0 Å². The van der Waals surface area contributed by atoms with Gasteiger partial charge in [-0.1, -0.05) is 106 Å². The lowest BCUT2D eigenvalue weighted by molar-refractivity contribution is 0.150. The van der Waals surface area contributed by atoms with Crippen molar-refractivity contribution in [3.8, 4) is 11.8 Å². The highest BCUT2D eigenvalue weighted by atomic mass is 16.2. The number of hydrogen-bond acceptors (Lipinski definition) is 1. The quantitative estimate of drug-likeness (QED) is 0.339. The van der Waals surface area contributed by atoms with E-state index in [2.05, 4.69) is 36.2 Å². The van der Waals surface area contributed by atoms with Crippen LogP contribution in [0.3, 0.4) is 0 Å². The van der Waals surface area contributed by atoms with E-state index in [1.807, 2.05) is 53.4 Å². The van der Waals surface area contributed by atoms with Gasteiger partial charge >= 0.3 is 6.03 Å². The lowest BCUT2D eigenvalue weighted by Gasteiger charge is -2.36. The van der Waals surface area contributed by atoms with Crippen molar-refractivity contribution in [3.63, 3.8) is 0 Å². The lowest BCUT2D eigenvalue weighted by Crippen LogP contribution is -2.48. The molecule has 0 heterocycles. The van der Waals surface area contributed by atoms with Crippen LogP contribution in [-0.4, -0.2) is 17.0 Å². The second-order valence-corrected chi connectivity index (χ2v) is 8.88. The van der Waals surface area contributed by atoms with Crippen molar-refractivity contribution in [1.29, 1.82) is 0 Å². The number of urea groups is 1. The highest BCUT2D eigenvalue weighted by Gasteiger charge is 2.30. The minimum Gasteiger partial charge on any atom is -0.334 e. The first-order valence-electron chi connectivity index (χ1n) is 12.4. The molecule has 2 aromatic carbocycles. The summed E-state index contributed by atoms with van der Waals surface area (Å²) < 4.78 is 0. The fraction of sp³-hybridized carbons (Fsp3) is 0.483. The number of nitrogens with zero attached hydrogens (tertiary/aromatic N) is 1. The van der Waals surface area contributed by atoms with Crippen LogP contribution in [0.4, 0.5) is 4.79 Å². The van der Waals surface area contributed by atoms with E-state index in [1.165, 1.54) is 32.1 Å². The summed E-state index contributed by atoms with van der Waals surface area (Å²) in [6.07, 6.45) is 10.6. The summed E-state index contributed by atoms with van der Waals surface area (Å²) >= 11 is 0. The van der Waals surface area contributed by atoms with Crippen LogP contribution in [0.5, 0.6) is 0 Å². The maximum Gasteiger partial charge on any atom is 0.318 e. The molecule has 0 bridgehead atoms. The van der Waals surface area contributed by atoms with Crippen molar-refractivity contribution in [2.45, 2.75) is 83.8 Å². The van der Waals surface area contributed by atoms with Gasteiger partial charge in [0.05, 0.1) is 6.04 Å². The molecule has 3 rings (SSSR count). The Hall–Kier alpha value is -2.73. The Morgan fingerprint density at radius 2 is 1.62 bits per heavy atom. The van der Waals surface area contributed by atoms with Gasteiger partial charge in [-0.2, -0.15) is 0 Å². The summed E-state index contributed by atoms with van der Waals surface area (Å²) in [6.45, 7) is 3.34. The standard InChI is InChI=1S/C29H38N2O/c1-2-3-4-5-15-22-28(27-20-13-8-14-21-27)31(24-26-18-11-7-12-19-26)29(32)30-23-25-16-9-6-10-17-25/h6-7,9-12,16-19,27-28H,2-5,8,13-14,20-21,23-24H2,1H3,(H,30,32)/t28-/m0/s1. The molecule has 32 heavy (non-hydrogen) atoms. The van der Waals surface area contributed by atoms with E-state index in [4.69, 9.17) is 0 Å². The average molecular weight is 431 g/mol. The monoisotopic (exact) mass is 430 g/mol. The topological polar surface area (TPSA) is 32.3 Å². The molecular formula is C29H38N2O. The molecule has 1 aliphatic carbocycles. The van der Waals surface area contributed by atoms with Gasteiger partial charge in [0.25, 0.3) is 0 Å². The van der Waals surface area contributed by atoms with Gasteiger partial charge < -0.3 is 10.2 Å². The zero-order valence-corrected chi connectivity index (χ0v) is 19.6. The van der Waals surface area contributed by atoms with Crippen molar-refractivity contribution in [2.75, 3.05) is 0 Å². The van der Waals surface area contributed by atoms with E-state index >= 15 is 0 Å². The molecule has 0 saturated heterocycles. The molecule has 0 aromatic heterocycles. The predicted molar refractivity (Wildman–Crippen MR) is 133 cm³/mol. The average Bonchev–Trinajstić information content (AvgIpc) is 2.85. The Bertz CT molecular complexity index is 847. The molecule has 1 aliphatic rings. The van der Waals surface area contributed by atoms with Crippen LogP contribution < -0.4 is 5.32 Å². The molecule has 2 aromatic rings. The SMILES string of the molecule is CCCCCC#C[C@@H](C1CCCCC1)N(Cc1ccccc1)C(=O)NCc1ccccc1. The molecule has 0 unspecified atom stereocenters. The number of amides is 2. The van der Waals surface area contributed by atoms with Crippen molar-refractivity contribution < 1.29 is 4.79 Å². The maximum absolute atomic E-state index is 13.5. The first-order chi connectivity index (χ1) is 15.8. The Labute approximate surface area is 194 Å². The third kappa shape index (κ3) is 7.75. The normalized spacial score (nSPS) is 14.8. The molecule has 1 N–H and O–H groups in total. The zero-order valence-electron chi connectivity index (χ0n) is 19.6. The molecule has 3 heteroatoms. The van der Waals surface area contributed by atoms with Crippen LogP contribution >= 0.6 is 0 Å². The van der Waals surface area contributed by atoms with Gasteiger partial charge in [0.15, 0.2) is 0 Å². The second-order valence-electron chi connectivity index (χ2n) is 8.88. The van der Waals surface area contributed by atoms with Gasteiger partial charge in [-0.15, -0.1) is 5.92 Å². The third-order valence-electron chi connectivity index (χ3n) is 6.33. The molecular weight excluding hydrogens is 392 g/mol. The van der Waals surface area contributed by atoms with Crippen LogP contribution in [0.2, 0.25) is 0 Å². The summed E-state index contributed by atoms with van der Waals surface area (Å²) in [5.41, 5.74) is 2.26. The number of unbranched alkanes of at least 4 members (excludes halogenated alkanes) is 3. The first-order valence-corrected chi connectivity index (χ1v) is 12.4. The Morgan fingerprint density at radius 3 is 2.28 bits per heavy atom. The highest BCUT2D eigenvalue weighted by Crippen LogP contribution is 2.30. The molecule has 0 radical (unpaired) electrons. The highest BCUT2D eigenvalue weighted by molar-refractivity contribution is 5.75. The largest absolute Gasteiger partial charge is 0.334 e. The number of carbonyl (C=O) groups is 1. The molecule has 2 amide bonds. The van der Waals surface area contributed by atoms with Gasteiger partial charge in [-0.05, 0) is 36.3 Å². The van der Waals surface area contributed by atoms with E-state index in [0.717, 1.165) is 36.8 Å². The maximum atomic E-state index is 13.5. The molecule has 170 valence electrons. The third-order valence-corrected chi connectivity index (χ3v) is 6.33. The number of hydrogen-bond donors (Lipinski definition) is 1. The molecule has 1 fully saturated rings. The van der Waals surface area contributed by atoms with E-state index in [9.17, 15) is 4.79 Å². The summed E-state index contributed by atoms with van der Waals surface area (Å²) in [4.78, 5) is 15.5. The summed E-state index contributed by atoms with van der Waals surface area (Å²) in [7, 11) is 0. The Balaban J connectivity index is 1.80. The van der Waals surface area contributed by atoms with Crippen LogP contribution in [-0.2, 0) is 13.1 Å². The Kier molecular flexibility index (Phi) is 10.2. The van der Waals surface area contributed by atoms with E-state index < -0.39 is 0 Å². The molecule has 0 spiro atoms. The van der Waals surface area contributed by atoms with Crippen molar-refractivity contribution >= 4 is 6.03 Å². The first kappa shape index (κ1) is 23.9. The minimum atomic E-state index is -0.0343. The van der Waals surface area contributed by atoms with Crippen molar-refractivity contribution in [3.05, 3.63) is 71.8 Å². The van der Waals surface area contributed by atoms with Gasteiger partial charge in [0.1, 0.15) is 0 Å². The Morgan fingerprint density at radius 1 is 0.969 bits per heavy atom. The fourth-order valence-electron chi connectivity index (χ4n) is 4.49. The number of nitrogens with one attached hydrogen (secondary N) is 1. The number of rotatable bonds is 9. The van der Waals surface area contributed by atoms with Gasteiger partial charge in [0, 0.05) is 19.5 Å². The molecule has 1 saturated carbocycles. The second kappa shape index (κ2) is 13.6. The minimum absolute atomic E-state index is 0.0175. The summed E-state index contributed by atoms with van der Waals surface area (Å²) in [6, 6.07) is 20.4. The van der Waals surface area contributed by atoms with E-state index in [-0.39, 0.29) is 12.1 Å². The van der Waals surface area contributed by atoms with Crippen molar-refractivity contribution in [1.82, 2.24) is 10.2 Å². The van der Waals surface area contributed by atoms with Gasteiger partial charge in [-0.25, -0.2) is 4.79 Å². The van der Waals surface area contributed by atoms with Gasteiger partial charge in [-0.3, -0.25) is 0 Å². The van der Waals surface area contributed by atoms with Gasteiger partial charge in [0.2, 0.25) is 0 Å². The van der Waals surface area contributed by atoms with Crippen LogP contribution in [0.1, 0.15) is 75.8 Å². The lowest BCUT2D eigenvalue weighted by atomic mass is 9.83. The molecule has 1 atom stereocenters. The zero-order chi connectivity index (χ0) is 22.4. The summed E-state index contributed by atoms with van der Waals surface area (Å²) in [5, 5.41) is 3.17. The number of benzene rings is 2. The number of carbonyl (C=O) groups excluding carboxylic acids is 1. The molecule has 3 nitrogen and oxygen atoms in total. The van der Waals surface area contributed by atoms with Crippen molar-refractivity contribution in [2.24, 2.45) is 5.92 Å². The fourth-order valence-corrected chi connectivity index (χ4v) is 4.49. The smallest absolute Gasteiger partial charge is 0.318 e. The summed E-state index contributed by atoms with van der Waals surface area (Å²) in [5.74, 6) is 7.46. The molecule has 0 aliphatic heterocycles. The van der Waals surface area contributed by atoms with E-state index in [1.54, 1.807) is 0 Å². The predicted octanol–water partition coefficient (Wildman–Crippen LogP) is 6.93. The van der Waals surface area contributed by atoms with Crippen LogP contribution in [0.15, 0.2) is 60.7 Å². The van der Waals surface area contributed by atoms with Crippen LogP contribution in [0, 0.1) is 17.8 Å². The van der Waals surface area contributed by atoms with Crippen LogP contribution in [0.25, 0.3) is 0 Å².